The van der Waals surface area contributed by atoms with Gasteiger partial charge in [0.1, 0.15) is 5.60 Å². The lowest BCUT2D eigenvalue weighted by Gasteiger charge is -2.44. The molecule has 4 rings (SSSR count). The molecule has 3 saturated heterocycles. The van der Waals surface area contributed by atoms with Crippen LogP contribution in [-0.4, -0.2) is 41.9 Å². The minimum absolute atomic E-state index is 0.197. The van der Waals surface area contributed by atoms with Crippen molar-refractivity contribution in [3.8, 4) is 0 Å². The summed E-state index contributed by atoms with van der Waals surface area (Å²) in [5, 5.41) is 2.71. The molecule has 3 fully saturated rings. The number of esters is 1. The van der Waals surface area contributed by atoms with Gasteiger partial charge in [-0.3, -0.25) is 4.90 Å². The van der Waals surface area contributed by atoms with E-state index in [4.69, 9.17) is 9.47 Å². The summed E-state index contributed by atoms with van der Waals surface area (Å²) in [6, 6.07) is 6.62. The number of nitrogens with one attached hydrogen (secondary N) is 1. The smallest absolute Gasteiger partial charge is 0.408 e. The zero-order valence-electron chi connectivity index (χ0n) is 16.7. The van der Waals surface area contributed by atoms with Gasteiger partial charge in [0.25, 0.3) is 0 Å². The van der Waals surface area contributed by atoms with E-state index in [1.165, 1.54) is 12.8 Å². The van der Waals surface area contributed by atoms with E-state index < -0.39 is 23.7 Å². The van der Waals surface area contributed by atoms with Gasteiger partial charge in [-0.15, -0.1) is 0 Å². The van der Waals surface area contributed by atoms with Gasteiger partial charge < -0.3 is 14.8 Å². The molecule has 1 aromatic rings. The van der Waals surface area contributed by atoms with Crippen LogP contribution in [0.25, 0.3) is 0 Å². The molecule has 27 heavy (non-hydrogen) atoms. The molecule has 148 valence electrons. The average molecular weight is 374 g/mol. The number of nitrogens with zero attached hydrogens (tertiary/aromatic N) is 1. The van der Waals surface area contributed by atoms with Crippen molar-refractivity contribution in [3.05, 3.63) is 35.4 Å². The lowest BCUT2D eigenvalue weighted by molar-refractivity contribution is -0.173. The lowest BCUT2D eigenvalue weighted by atomic mass is 9.87. The Kier molecular flexibility index (Phi) is 5.75. The van der Waals surface area contributed by atoms with E-state index in [2.05, 4.69) is 10.2 Å². The van der Waals surface area contributed by atoms with Crippen LogP contribution in [0.4, 0.5) is 4.79 Å². The predicted octanol–water partition coefficient (Wildman–Crippen LogP) is 3.55. The van der Waals surface area contributed by atoms with Gasteiger partial charge in [0.05, 0.1) is 0 Å². The van der Waals surface area contributed by atoms with E-state index >= 15 is 0 Å². The van der Waals surface area contributed by atoms with Crippen LogP contribution in [0.5, 0.6) is 0 Å². The Morgan fingerprint density at radius 1 is 1.19 bits per heavy atom. The molecular formula is C21H30N2O4. The van der Waals surface area contributed by atoms with Crippen molar-refractivity contribution in [1.82, 2.24) is 10.2 Å². The van der Waals surface area contributed by atoms with Gasteiger partial charge >= 0.3 is 12.1 Å². The highest BCUT2D eigenvalue weighted by molar-refractivity contribution is 5.83. The zero-order chi connectivity index (χ0) is 19.6. The van der Waals surface area contributed by atoms with Gasteiger partial charge in [0.15, 0.2) is 12.3 Å². The molecule has 1 aromatic carbocycles. The number of hydrogen-bond donors (Lipinski definition) is 1. The highest BCUT2D eigenvalue weighted by Gasteiger charge is 2.38. The maximum absolute atomic E-state index is 13.0. The molecule has 6 heteroatoms. The Morgan fingerprint density at radius 3 is 2.41 bits per heavy atom. The number of hydrogen-bond acceptors (Lipinski definition) is 5. The number of rotatable bonds is 4. The summed E-state index contributed by atoms with van der Waals surface area (Å²) in [5.74, 6) is 0.191. The van der Waals surface area contributed by atoms with Crippen molar-refractivity contribution < 1.29 is 19.1 Å². The fourth-order valence-corrected chi connectivity index (χ4v) is 3.84. The minimum atomic E-state index is -0.886. The van der Waals surface area contributed by atoms with Crippen molar-refractivity contribution >= 4 is 12.1 Å². The molecule has 3 aliphatic heterocycles. The summed E-state index contributed by atoms with van der Waals surface area (Å²) in [4.78, 5) is 27.6. The van der Waals surface area contributed by atoms with Crippen LogP contribution in [-0.2, 0) is 14.3 Å². The van der Waals surface area contributed by atoms with Crippen LogP contribution in [0, 0.1) is 12.8 Å². The van der Waals surface area contributed by atoms with E-state index in [0.29, 0.717) is 5.92 Å². The standard InChI is InChI=1S/C21H30N2O4/c1-14-7-5-6-8-16(14)18(22-20(25)27-21(2,3)4)19(24)26-17-13-15-9-11-23(17)12-10-15/h5-8,15,17-18H,9-13H2,1-4H3,(H,22,25)/t17-,18?/m1/s1. The summed E-state index contributed by atoms with van der Waals surface area (Å²) in [6.45, 7) is 9.23. The normalized spacial score (nSPS) is 25.6. The van der Waals surface area contributed by atoms with E-state index in [0.717, 1.165) is 30.6 Å². The zero-order valence-corrected chi connectivity index (χ0v) is 16.7. The third-order valence-electron chi connectivity index (χ3n) is 5.24. The Morgan fingerprint density at radius 2 is 1.85 bits per heavy atom. The van der Waals surface area contributed by atoms with Gasteiger partial charge in [-0.2, -0.15) is 0 Å². The van der Waals surface area contributed by atoms with E-state index in [-0.39, 0.29) is 6.23 Å². The van der Waals surface area contributed by atoms with Crippen molar-refractivity contribution in [2.45, 2.75) is 64.8 Å². The molecule has 0 saturated carbocycles. The Bertz CT molecular complexity index is 690. The van der Waals surface area contributed by atoms with E-state index in [9.17, 15) is 9.59 Å². The van der Waals surface area contributed by atoms with E-state index in [1.54, 1.807) is 20.8 Å². The molecule has 1 amide bonds. The number of alkyl carbamates (subject to hydrolysis) is 1. The number of ether oxygens (including phenoxy) is 2. The molecule has 0 radical (unpaired) electrons. The summed E-state index contributed by atoms with van der Waals surface area (Å²) in [5.41, 5.74) is 1.00. The molecule has 0 aromatic heterocycles. The van der Waals surface area contributed by atoms with Crippen molar-refractivity contribution in [2.24, 2.45) is 5.92 Å². The summed E-state index contributed by atoms with van der Waals surface area (Å²) < 4.78 is 11.2. The maximum Gasteiger partial charge on any atom is 0.408 e. The molecule has 2 atom stereocenters. The first kappa shape index (κ1) is 19.7. The van der Waals surface area contributed by atoms with E-state index in [1.807, 2.05) is 31.2 Å². The summed E-state index contributed by atoms with van der Waals surface area (Å²) in [7, 11) is 0. The largest absolute Gasteiger partial charge is 0.445 e. The van der Waals surface area contributed by atoms with Gasteiger partial charge in [-0.25, -0.2) is 9.59 Å². The third-order valence-corrected chi connectivity index (χ3v) is 5.24. The SMILES string of the molecule is Cc1ccccc1C(NC(=O)OC(C)(C)C)C(=O)O[C@@H]1CC2CCN1CC2. The number of fused-ring (bicyclic) bond motifs is 3. The van der Waals surface area contributed by atoms with Crippen LogP contribution < -0.4 is 5.32 Å². The molecule has 0 aliphatic carbocycles. The Balaban J connectivity index is 1.75. The average Bonchev–Trinajstić information content (AvgIpc) is 2.60. The van der Waals surface area contributed by atoms with Crippen LogP contribution in [0.15, 0.2) is 24.3 Å². The second kappa shape index (κ2) is 7.89. The first-order valence-electron chi connectivity index (χ1n) is 9.72. The van der Waals surface area contributed by atoms with Gasteiger partial charge in [0.2, 0.25) is 0 Å². The molecule has 1 unspecified atom stereocenters. The highest BCUT2D eigenvalue weighted by Crippen LogP contribution is 2.33. The molecule has 6 nitrogen and oxygen atoms in total. The maximum atomic E-state index is 13.0. The quantitative estimate of drug-likeness (QED) is 0.817. The van der Waals surface area contributed by atoms with Crippen molar-refractivity contribution in [2.75, 3.05) is 13.1 Å². The van der Waals surface area contributed by atoms with Gasteiger partial charge in [-0.1, -0.05) is 24.3 Å². The Labute approximate surface area is 161 Å². The van der Waals surface area contributed by atoms with Gasteiger partial charge in [-0.05, 0) is 57.6 Å². The number of amides is 1. The van der Waals surface area contributed by atoms with Crippen LogP contribution in [0.1, 0.15) is 57.2 Å². The fourth-order valence-electron chi connectivity index (χ4n) is 3.84. The van der Waals surface area contributed by atoms with Gasteiger partial charge in [0, 0.05) is 19.5 Å². The number of piperidine rings is 3. The highest BCUT2D eigenvalue weighted by atomic mass is 16.6. The van der Waals surface area contributed by atoms with Crippen molar-refractivity contribution in [1.29, 1.82) is 0 Å². The molecule has 2 bridgehead atoms. The summed E-state index contributed by atoms with van der Waals surface area (Å²) in [6.07, 6.45) is 2.39. The number of carbonyl (C=O) groups is 2. The molecule has 0 spiro atoms. The second-order valence-electron chi connectivity index (χ2n) is 8.54. The fraction of sp³-hybridized carbons (Fsp3) is 0.619. The number of benzene rings is 1. The first-order chi connectivity index (χ1) is 12.7. The predicted molar refractivity (Wildman–Crippen MR) is 102 cm³/mol. The topological polar surface area (TPSA) is 67.9 Å². The summed E-state index contributed by atoms with van der Waals surface area (Å²) >= 11 is 0. The molecule has 3 aliphatic rings. The van der Waals surface area contributed by atoms with Crippen LogP contribution in [0.2, 0.25) is 0 Å². The van der Waals surface area contributed by atoms with Crippen LogP contribution >= 0.6 is 0 Å². The lowest BCUT2D eigenvalue weighted by Crippen LogP contribution is -2.51. The van der Waals surface area contributed by atoms with Crippen LogP contribution in [0.3, 0.4) is 0 Å². The molecule has 3 heterocycles. The molecular weight excluding hydrogens is 344 g/mol. The first-order valence-corrected chi connectivity index (χ1v) is 9.72. The van der Waals surface area contributed by atoms with Crippen molar-refractivity contribution in [3.63, 3.8) is 0 Å². The monoisotopic (exact) mass is 374 g/mol. The third kappa shape index (κ3) is 5.01. The number of carbonyl (C=O) groups excluding carboxylic acids is 2. The molecule has 1 N–H and O–H groups in total. The Hall–Kier alpha value is -2.08. The second-order valence-corrected chi connectivity index (χ2v) is 8.54. The number of aryl methyl sites for hydroxylation is 1. The minimum Gasteiger partial charge on any atom is -0.445 e.